The number of carboxylic acids is 2. The van der Waals surface area contributed by atoms with Gasteiger partial charge in [0, 0.05) is 12.8 Å². The van der Waals surface area contributed by atoms with E-state index in [9.17, 15) is 34.2 Å². The lowest BCUT2D eigenvalue weighted by Crippen LogP contribution is -2.58. The SMILES string of the molecule is CC(C)C(NC(=O)C(N)CCC(=O)O)C(=O)NC(CCCCN)C(=O)NC(Cc1ccc(O)cc1)C(=O)O. The molecule has 13 heteroatoms. The minimum atomic E-state index is -1.30. The minimum Gasteiger partial charge on any atom is -0.508 e. The van der Waals surface area contributed by atoms with Crippen molar-refractivity contribution in [1.29, 1.82) is 0 Å². The molecule has 0 radical (unpaired) electrons. The average Bonchev–Trinajstić information content (AvgIpc) is 2.85. The van der Waals surface area contributed by atoms with Crippen molar-refractivity contribution in [2.45, 2.75) is 76.5 Å². The van der Waals surface area contributed by atoms with Crippen molar-refractivity contribution < 1.29 is 39.3 Å². The highest BCUT2D eigenvalue weighted by atomic mass is 16.4. The van der Waals surface area contributed by atoms with Crippen molar-refractivity contribution in [2.75, 3.05) is 6.54 Å². The predicted molar refractivity (Wildman–Crippen MR) is 138 cm³/mol. The largest absolute Gasteiger partial charge is 0.508 e. The number of rotatable bonds is 17. The second-order valence-electron chi connectivity index (χ2n) is 9.38. The van der Waals surface area contributed by atoms with E-state index in [1.165, 1.54) is 24.3 Å². The van der Waals surface area contributed by atoms with Crippen molar-refractivity contribution in [1.82, 2.24) is 16.0 Å². The van der Waals surface area contributed by atoms with E-state index < -0.39 is 59.7 Å². The molecule has 0 saturated heterocycles. The van der Waals surface area contributed by atoms with Crippen LogP contribution in [-0.2, 0) is 30.4 Å². The topological polar surface area (TPSA) is 234 Å². The summed E-state index contributed by atoms with van der Waals surface area (Å²) in [6.45, 7) is 3.71. The highest BCUT2D eigenvalue weighted by molar-refractivity contribution is 5.94. The summed E-state index contributed by atoms with van der Waals surface area (Å²) in [4.78, 5) is 61.2. The van der Waals surface area contributed by atoms with Crippen molar-refractivity contribution in [3.8, 4) is 5.75 Å². The molecule has 0 heterocycles. The molecule has 4 atom stereocenters. The molecule has 1 aromatic carbocycles. The third kappa shape index (κ3) is 11.6. The molecule has 0 aliphatic heterocycles. The maximum absolute atomic E-state index is 13.1. The van der Waals surface area contributed by atoms with Gasteiger partial charge in [0.1, 0.15) is 23.9 Å². The number of aromatic hydroxyl groups is 1. The van der Waals surface area contributed by atoms with Crippen LogP contribution in [0, 0.1) is 5.92 Å². The van der Waals surface area contributed by atoms with Crippen LogP contribution in [0.2, 0.25) is 0 Å². The lowest BCUT2D eigenvalue weighted by molar-refractivity contribution is -0.142. The van der Waals surface area contributed by atoms with Gasteiger partial charge in [-0.05, 0) is 55.8 Å². The molecule has 1 aromatic rings. The Balaban J connectivity index is 2.97. The fourth-order valence-corrected chi connectivity index (χ4v) is 3.57. The van der Waals surface area contributed by atoms with E-state index in [1.807, 2.05) is 0 Å². The Kier molecular flexibility index (Phi) is 13.8. The number of aliphatic carboxylic acids is 2. The van der Waals surface area contributed by atoms with Gasteiger partial charge in [-0.2, -0.15) is 0 Å². The molecule has 0 saturated carbocycles. The Morgan fingerprint density at radius 2 is 1.45 bits per heavy atom. The number of phenols is 1. The number of phenolic OH excluding ortho intramolecular Hbond substituents is 1. The highest BCUT2D eigenvalue weighted by Crippen LogP contribution is 2.12. The zero-order valence-electron chi connectivity index (χ0n) is 21.7. The zero-order chi connectivity index (χ0) is 28.8. The minimum absolute atomic E-state index is 0.0157. The van der Waals surface area contributed by atoms with Gasteiger partial charge in [-0.1, -0.05) is 26.0 Å². The molecule has 0 fully saturated rings. The number of carboxylic acid groups (broad SMARTS) is 2. The second kappa shape index (κ2) is 16.2. The number of nitrogens with one attached hydrogen (secondary N) is 3. The second-order valence-corrected chi connectivity index (χ2v) is 9.38. The number of benzene rings is 1. The summed E-state index contributed by atoms with van der Waals surface area (Å²) in [7, 11) is 0. The molecule has 0 aliphatic rings. The van der Waals surface area contributed by atoms with Crippen LogP contribution < -0.4 is 27.4 Å². The van der Waals surface area contributed by atoms with E-state index in [0.29, 0.717) is 24.9 Å². The first-order chi connectivity index (χ1) is 17.8. The van der Waals surface area contributed by atoms with E-state index in [-0.39, 0.29) is 31.4 Å². The molecule has 38 heavy (non-hydrogen) atoms. The van der Waals surface area contributed by atoms with Gasteiger partial charge in [-0.15, -0.1) is 0 Å². The van der Waals surface area contributed by atoms with Crippen LogP contribution in [0.15, 0.2) is 24.3 Å². The fraction of sp³-hybridized carbons (Fsp3) is 0.560. The van der Waals surface area contributed by atoms with Crippen molar-refractivity contribution in [2.24, 2.45) is 17.4 Å². The standard InChI is InChI=1S/C25H39N5O8/c1-14(2)21(30-22(34)17(27)10-11-20(32)33)24(36)28-18(5-3-4-12-26)23(35)29-19(25(37)38)13-15-6-8-16(31)9-7-15/h6-9,14,17-19,21,31H,3-5,10-13,26-27H2,1-2H3,(H,28,36)(H,29,35)(H,30,34)(H,32,33)(H,37,38). The van der Waals surface area contributed by atoms with E-state index in [2.05, 4.69) is 16.0 Å². The summed E-state index contributed by atoms with van der Waals surface area (Å²) in [5.74, 6) is -4.86. The molecule has 0 aromatic heterocycles. The molecule has 0 spiro atoms. The first-order valence-electron chi connectivity index (χ1n) is 12.4. The Hall–Kier alpha value is -3.71. The molecular weight excluding hydrogens is 498 g/mol. The van der Waals surface area contributed by atoms with Gasteiger partial charge in [0.05, 0.1) is 6.04 Å². The number of hydrogen-bond acceptors (Lipinski definition) is 8. The van der Waals surface area contributed by atoms with Gasteiger partial charge in [0.25, 0.3) is 0 Å². The maximum atomic E-state index is 13.1. The lowest BCUT2D eigenvalue weighted by Gasteiger charge is -2.27. The van der Waals surface area contributed by atoms with Crippen LogP contribution in [-0.4, -0.2) is 75.7 Å². The van der Waals surface area contributed by atoms with Crippen LogP contribution >= 0.6 is 0 Å². The van der Waals surface area contributed by atoms with Crippen LogP contribution in [0.4, 0.5) is 0 Å². The summed E-state index contributed by atoms with van der Waals surface area (Å²) in [6.07, 6.45) is 0.739. The number of unbranched alkanes of at least 4 members (excludes halogenated alkanes) is 1. The third-order valence-electron chi connectivity index (χ3n) is 5.82. The molecule has 212 valence electrons. The van der Waals surface area contributed by atoms with Crippen molar-refractivity contribution in [3.05, 3.63) is 29.8 Å². The maximum Gasteiger partial charge on any atom is 0.326 e. The normalized spacial score (nSPS) is 14.1. The van der Waals surface area contributed by atoms with Crippen molar-refractivity contribution >= 4 is 29.7 Å². The molecule has 13 nitrogen and oxygen atoms in total. The van der Waals surface area contributed by atoms with Gasteiger partial charge in [-0.3, -0.25) is 19.2 Å². The fourth-order valence-electron chi connectivity index (χ4n) is 3.57. The molecule has 0 bridgehead atoms. The summed E-state index contributed by atoms with van der Waals surface area (Å²) >= 11 is 0. The Labute approximate surface area is 221 Å². The van der Waals surface area contributed by atoms with Crippen molar-refractivity contribution in [3.63, 3.8) is 0 Å². The van der Waals surface area contributed by atoms with Gasteiger partial charge in [0.2, 0.25) is 17.7 Å². The van der Waals surface area contributed by atoms with Gasteiger partial charge in [-0.25, -0.2) is 4.79 Å². The average molecular weight is 538 g/mol. The van der Waals surface area contributed by atoms with Gasteiger partial charge in [0.15, 0.2) is 0 Å². The summed E-state index contributed by atoms with van der Waals surface area (Å²) in [5, 5.41) is 35.4. The first-order valence-corrected chi connectivity index (χ1v) is 12.4. The number of carbonyl (C=O) groups excluding carboxylic acids is 3. The third-order valence-corrected chi connectivity index (χ3v) is 5.82. The predicted octanol–water partition coefficient (Wildman–Crippen LogP) is -0.549. The van der Waals surface area contributed by atoms with Crippen LogP contribution in [0.1, 0.15) is 51.5 Å². The number of hydrogen-bond donors (Lipinski definition) is 8. The van der Waals surface area contributed by atoms with Crippen LogP contribution in [0.5, 0.6) is 5.75 Å². The van der Waals surface area contributed by atoms with Gasteiger partial charge >= 0.3 is 11.9 Å². The highest BCUT2D eigenvalue weighted by Gasteiger charge is 2.31. The summed E-state index contributed by atoms with van der Waals surface area (Å²) in [5.41, 5.74) is 11.9. The van der Waals surface area contributed by atoms with Gasteiger partial charge < -0.3 is 42.7 Å². The van der Waals surface area contributed by atoms with Crippen LogP contribution in [0.25, 0.3) is 0 Å². The molecule has 1 rings (SSSR count). The Morgan fingerprint density at radius 3 is 1.97 bits per heavy atom. The summed E-state index contributed by atoms with van der Waals surface area (Å²) in [6, 6.07) is 1.27. The van der Waals surface area contributed by atoms with E-state index in [4.69, 9.17) is 16.6 Å². The molecular formula is C25H39N5O8. The summed E-state index contributed by atoms with van der Waals surface area (Å²) < 4.78 is 0. The zero-order valence-corrected chi connectivity index (χ0v) is 21.7. The number of carbonyl (C=O) groups is 5. The van der Waals surface area contributed by atoms with E-state index >= 15 is 0 Å². The molecule has 4 unspecified atom stereocenters. The monoisotopic (exact) mass is 537 g/mol. The Morgan fingerprint density at radius 1 is 0.842 bits per heavy atom. The van der Waals surface area contributed by atoms with E-state index in [1.54, 1.807) is 13.8 Å². The molecule has 10 N–H and O–H groups in total. The molecule has 0 aliphatic carbocycles. The smallest absolute Gasteiger partial charge is 0.326 e. The lowest BCUT2D eigenvalue weighted by atomic mass is 10.0. The first kappa shape index (κ1) is 32.3. The number of amides is 3. The molecule has 3 amide bonds. The number of nitrogens with two attached hydrogens (primary N) is 2. The van der Waals surface area contributed by atoms with Crippen LogP contribution in [0.3, 0.4) is 0 Å². The quantitative estimate of drug-likeness (QED) is 0.118. The Bertz CT molecular complexity index is 954. The van der Waals surface area contributed by atoms with E-state index in [0.717, 1.165) is 0 Å².